The predicted octanol–water partition coefficient (Wildman–Crippen LogP) is 8.16. The molecule has 2 N–H and O–H groups in total. The van der Waals surface area contributed by atoms with Gasteiger partial charge in [-0.1, -0.05) is 72.8 Å². The molecule has 0 spiro atoms. The molecule has 0 radical (unpaired) electrons. The van der Waals surface area contributed by atoms with Gasteiger partial charge in [-0.15, -0.1) is 11.8 Å². The highest BCUT2D eigenvalue weighted by Gasteiger charge is 2.22. The summed E-state index contributed by atoms with van der Waals surface area (Å²) in [6, 6.07) is 37.3. The van der Waals surface area contributed by atoms with Gasteiger partial charge in [-0.3, -0.25) is 19.0 Å². The molecular formula is C37H28FN3O3S. The third kappa shape index (κ3) is 6.41. The minimum Gasteiger partial charge on any atom is -0.321 e. The normalized spacial score (nSPS) is 12.2. The van der Waals surface area contributed by atoms with E-state index in [0.29, 0.717) is 11.3 Å². The maximum Gasteiger partial charge on any atom is 0.272 e. The maximum absolute atomic E-state index is 14.4. The van der Waals surface area contributed by atoms with E-state index in [4.69, 9.17) is 0 Å². The number of nitrogens with one attached hydrogen (secondary N) is 2. The highest BCUT2D eigenvalue weighted by atomic mass is 32.2. The Bertz CT molecular complexity index is 2020. The Morgan fingerprint density at radius 1 is 0.733 bits per heavy atom. The zero-order valence-corrected chi connectivity index (χ0v) is 25.1. The van der Waals surface area contributed by atoms with E-state index >= 15 is 0 Å². The van der Waals surface area contributed by atoms with E-state index in [-0.39, 0.29) is 17.2 Å². The van der Waals surface area contributed by atoms with Crippen molar-refractivity contribution in [3.05, 3.63) is 150 Å². The van der Waals surface area contributed by atoms with E-state index in [0.717, 1.165) is 26.7 Å². The van der Waals surface area contributed by atoms with E-state index in [1.54, 1.807) is 59.2 Å². The van der Waals surface area contributed by atoms with Crippen LogP contribution in [0.4, 0.5) is 10.1 Å². The fraction of sp³-hybridized carbons (Fsp3) is 0.0541. The van der Waals surface area contributed by atoms with Gasteiger partial charge >= 0.3 is 0 Å². The molecule has 0 saturated carbocycles. The van der Waals surface area contributed by atoms with Crippen molar-refractivity contribution in [2.24, 2.45) is 0 Å². The topological polar surface area (TPSA) is 80.2 Å². The summed E-state index contributed by atoms with van der Waals surface area (Å²) in [4.78, 5) is 40.7. The lowest BCUT2D eigenvalue weighted by Gasteiger charge is -2.14. The van der Waals surface area contributed by atoms with E-state index in [2.05, 4.69) is 10.6 Å². The van der Waals surface area contributed by atoms with Crippen molar-refractivity contribution in [2.75, 3.05) is 5.32 Å². The van der Waals surface area contributed by atoms with E-state index in [1.807, 2.05) is 67.6 Å². The van der Waals surface area contributed by atoms with Crippen LogP contribution in [0.15, 0.2) is 138 Å². The van der Waals surface area contributed by atoms with Crippen molar-refractivity contribution in [3.63, 3.8) is 0 Å². The summed E-state index contributed by atoms with van der Waals surface area (Å²) in [5, 5.41) is 7.06. The summed E-state index contributed by atoms with van der Waals surface area (Å²) in [5.41, 5.74) is 2.61. The van der Waals surface area contributed by atoms with Gasteiger partial charge in [0.05, 0.1) is 16.3 Å². The van der Waals surface area contributed by atoms with Crippen LogP contribution in [0.1, 0.15) is 27.6 Å². The molecule has 45 heavy (non-hydrogen) atoms. The lowest BCUT2D eigenvalue weighted by molar-refractivity contribution is -0.113. The number of para-hydroxylation sites is 2. The van der Waals surface area contributed by atoms with Crippen molar-refractivity contribution in [1.29, 1.82) is 0 Å². The molecular weight excluding hydrogens is 585 g/mol. The molecule has 222 valence electrons. The first-order valence-electron chi connectivity index (χ1n) is 14.3. The van der Waals surface area contributed by atoms with Crippen molar-refractivity contribution in [1.82, 2.24) is 9.88 Å². The number of amides is 2. The largest absolute Gasteiger partial charge is 0.321 e. The quantitative estimate of drug-likeness (QED) is 0.134. The summed E-state index contributed by atoms with van der Waals surface area (Å²) >= 11 is 1.42. The van der Waals surface area contributed by atoms with Gasteiger partial charge in [0.25, 0.3) is 11.8 Å². The number of rotatable bonds is 8. The molecule has 0 fully saturated rings. The Morgan fingerprint density at radius 3 is 1.96 bits per heavy atom. The highest BCUT2D eigenvalue weighted by Crippen LogP contribution is 2.32. The number of halogens is 1. The zero-order chi connectivity index (χ0) is 31.3. The second kappa shape index (κ2) is 13.0. The van der Waals surface area contributed by atoms with Crippen LogP contribution < -0.4 is 10.6 Å². The second-order valence-corrected chi connectivity index (χ2v) is 11.8. The number of fused-ring (bicyclic) bond motifs is 3. The first-order valence-corrected chi connectivity index (χ1v) is 15.2. The van der Waals surface area contributed by atoms with Crippen LogP contribution >= 0.6 is 11.8 Å². The van der Waals surface area contributed by atoms with E-state index < -0.39 is 22.9 Å². The zero-order valence-electron chi connectivity index (χ0n) is 24.2. The number of anilines is 1. The Kier molecular flexibility index (Phi) is 8.57. The predicted molar refractivity (Wildman–Crippen MR) is 179 cm³/mol. The summed E-state index contributed by atoms with van der Waals surface area (Å²) in [5.74, 6) is -1.67. The lowest BCUT2D eigenvalue weighted by Crippen LogP contribution is -2.30. The van der Waals surface area contributed by atoms with Crippen molar-refractivity contribution in [3.8, 4) is 0 Å². The van der Waals surface area contributed by atoms with Gasteiger partial charge < -0.3 is 10.6 Å². The van der Waals surface area contributed by atoms with Gasteiger partial charge in [0.15, 0.2) is 0 Å². The molecule has 0 aliphatic carbocycles. The molecule has 1 unspecified atom stereocenters. The number of hydrogen-bond donors (Lipinski definition) is 2. The van der Waals surface area contributed by atoms with E-state index in [1.165, 1.54) is 30.0 Å². The lowest BCUT2D eigenvalue weighted by atomic mass is 10.1. The van der Waals surface area contributed by atoms with Crippen LogP contribution in [0.2, 0.25) is 0 Å². The number of carbonyl (C=O) groups excluding carboxylic acids is 3. The fourth-order valence-electron chi connectivity index (χ4n) is 5.10. The van der Waals surface area contributed by atoms with Crippen molar-refractivity contribution in [2.45, 2.75) is 17.1 Å². The average Bonchev–Trinajstić information content (AvgIpc) is 3.40. The minimum absolute atomic E-state index is 0.0353. The number of carbonyl (C=O) groups is 3. The molecule has 0 saturated heterocycles. The standard InChI is InChI=1S/C37H28FN3O3S/c1-24(37(44)41-33-17-9-6-14-29(33)30-15-7-10-18-34(30)41)45-28-21-19-27(20-22-28)39-36(43)32(23-26-13-5-8-16-31(26)38)40-35(42)25-11-3-2-4-12-25/h2-24H,1H3,(H,39,43)(H,40,42)/b32-23-. The number of thioether (sulfide) groups is 1. The molecule has 0 aliphatic rings. The van der Waals surface area contributed by atoms with Gasteiger partial charge in [0, 0.05) is 32.5 Å². The molecule has 8 heteroatoms. The van der Waals surface area contributed by atoms with Crippen LogP contribution in [-0.4, -0.2) is 27.5 Å². The third-order valence-corrected chi connectivity index (χ3v) is 8.41. The average molecular weight is 614 g/mol. The van der Waals surface area contributed by atoms with Crippen LogP contribution in [0.25, 0.3) is 27.9 Å². The second-order valence-electron chi connectivity index (χ2n) is 10.3. The summed E-state index contributed by atoms with van der Waals surface area (Å²) in [7, 11) is 0. The van der Waals surface area contributed by atoms with Crippen molar-refractivity contribution >= 4 is 63.1 Å². The Labute approximate surface area is 263 Å². The summed E-state index contributed by atoms with van der Waals surface area (Å²) < 4.78 is 16.2. The third-order valence-electron chi connectivity index (χ3n) is 7.31. The molecule has 6 nitrogen and oxygen atoms in total. The van der Waals surface area contributed by atoms with Gasteiger partial charge in [-0.05, 0) is 67.6 Å². The molecule has 0 aliphatic heterocycles. The summed E-state index contributed by atoms with van der Waals surface area (Å²) in [6.45, 7) is 1.88. The highest BCUT2D eigenvalue weighted by molar-refractivity contribution is 8.00. The minimum atomic E-state index is -0.613. The Hall–Kier alpha value is -5.47. The first kappa shape index (κ1) is 29.6. The van der Waals surface area contributed by atoms with Crippen LogP contribution in [-0.2, 0) is 4.79 Å². The number of benzene rings is 5. The number of nitrogens with zero attached hydrogens (tertiary/aromatic N) is 1. The molecule has 1 heterocycles. The Balaban J connectivity index is 1.18. The molecule has 1 aromatic heterocycles. The van der Waals surface area contributed by atoms with Gasteiger partial charge in [-0.25, -0.2) is 4.39 Å². The number of aromatic nitrogens is 1. The smallest absolute Gasteiger partial charge is 0.272 e. The summed E-state index contributed by atoms with van der Waals surface area (Å²) in [6.07, 6.45) is 1.30. The van der Waals surface area contributed by atoms with Crippen LogP contribution in [0.3, 0.4) is 0 Å². The molecule has 5 aromatic carbocycles. The monoisotopic (exact) mass is 613 g/mol. The van der Waals surface area contributed by atoms with E-state index in [9.17, 15) is 18.8 Å². The number of hydrogen-bond acceptors (Lipinski definition) is 4. The fourth-order valence-corrected chi connectivity index (χ4v) is 6.01. The molecule has 2 amide bonds. The van der Waals surface area contributed by atoms with Gasteiger partial charge in [0.2, 0.25) is 5.91 Å². The molecule has 6 aromatic rings. The molecule has 1 atom stereocenters. The maximum atomic E-state index is 14.4. The van der Waals surface area contributed by atoms with Gasteiger partial charge in [0.1, 0.15) is 11.5 Å². The first-order chi connectivity index (χ1) is 21.9. The van der Waals surface area contributed by atoms with Crippen LogP contribution in [0, 0.1) is 5.82 Å². The molecule has 6 rings (SSSR count). The van der Waals surface area contributed by atoms with Crippen LogP contribution in [0.5, 0.6) is 0 Å². The SMILES string of the molecule is CC(Sc1ccc(NC(=O)/C(=C/c2ccccc2F)NC(=O)c2ccccc2)cc1)C(=O)n1c2ccccc2c2ccccc21. The van der Waals surface area contributed by atoms with Gasteiger partial charge in [-0.2, -0.15) is 0 Å². The molecule has 0 bridgehead atoms. The van der Waals surface area contributed by atoms with Crippen molar-refractivity contribution < 1.29 is 18.8 Å². The Morgan fingerprint density at radius 2 is 1.31 bits per heavy atom.